The Morgan fingerprint density at radius 2 is 1.56 bits per heavy atom. The van der Waals surface area contributed by atoms with E-state index in [0.29, 0.717) is 62.4 Å². The van der Waals surface area contributed by atoms with Crippen molar-refractivity contribution >= 4 is 5.91 Å². The predicted octanol–water partition coefficient (Wildman–Crippen LogP) is 3.69. The molecule has 1 amide bonds. The van der Waals surface area contributed by atoms with Gasteiger partial charge in [-0.1, -0.05) is 12.1 Å². The van der Waals surface area contributed by atoms with Gasteiger partial charge in [-0.15, -0.1) is 0 Å². The second kappa shape index (κ2) is 13.1. The summed E-state index contributed by atoms with van der Waals surface area (Å²) < 4.78 is 28.1. The van der Waals surface area contributed by atoms with Crippen molar-refractivity contribution < 1.29 is 28.5 Å². The zero-order chi connectivity index (χ0) is 24.3. The summed E-state index contributed by atoms with van der Waals surface area (Å²) in [6.45, 7) is 10.5. The van der Waals surface area contributed by atoms with Gasteiger partial charge in [-0.05, 0) is 50.6 Å². The number of hydrogen-bond acceptors (Lipinski definition) is 7. The fourth-order valence-corrected chi connectivity index (χ4v) is 3.98. The van der Waals surface area contributed by atoms with Gasteiger partial charge >= 0.3 is 0 Å². The molecule has 0 radical (unpaired) electrons. The molecule has 1 N–H and O–H groups in total. The lowest BCUT2D eigenvalue weighted by Crippen LogP contribution is -2.43. The lowest BCUT2D eigenvalue weighted by atomic mass is 10.0. The van der Waals surface area contributed by atoms with E-state index in [-0.39, 0.29) is 11.9 Å². The zero-order valence-electron chi connectivity index (χ0n) is 20.6. The van der Waals surface area contributed by atoms with Crippen LogP contribution in [0.4, 0.5) is 0 Å². The van der Waals surface area contributed by atoms with Crippen molar-refractivity contribution in [2.24, 2.45) is 0 Å². The van der Waals surface area contributed by atoms with E-state index in [0.717, 1.165) is 24.4 Å². The quantitative estimate of drug-likeness (QED) is 0.505. The van der Waals surface area contributed by atoms with E-state index in [1.807, 2.05) is 45.0 Å². The first-order valence-electron chi connectivity index (χ1n) is 11.9. The monoisotopic (exact) mass is 472 g/mol. The number of methoxy groups -OCH3 is 1. The average molecular weight is 473 g/mol. The van der Waals surface area contributed by atoms with Crippen molar-refractivity contribution in [1.82, 2.24) is 10.2 Å². The molecule has 34 heavy (non-hydrogen) atoms. The minimum absolute atomic E-state index is 0.0131. The van der Waals surface area contributed by atoms with Gasteiger partial charge in [0.05, 0.1) is 46.2 Å². The van der Waals surface area contributed by atoms with Crippen LogP contribution in [0.5, 0.6) is 23.0 Å². The predicted molar refractivity (Wildman–Crippen MR) is 130 cm³/mol. The number of hydrogen-bond donors (Lipinski definition) is 1. The Morgan fingerprint density at radius 1 is 0.971 bits per heavy atom. The van der Waals surface area contributed by atoms with Crippen LogP contribution in [0.15, 0.2) is 36.4 Å². The summed E-state index contributed by atoms with van der Waals surface area (Å²) in [4.78, 5) is 15.6. The molecule has 186 valence electrons. The van der Waals surface area contributed by atoms with Gasteiger partial charge in [0.1, 0.15) is 5.75 Å². The fourth-order valence-electron chi connectivity index (χ4n) is 3.98. The molecule has 1 atom stereocenters. The maximum Gasteiger partial charge on any atom is 0.251 e. The maximum atomic E-state index is 13.2. The van der Waals surface area contributed by atoms with Crippen molar-refractivity contribution in [2.75, 3.05) is 59.8 Å². The minimum atomic E-state index is -0.197. The highest BCUT2D eigenvalue weighted by Gasteiger charge is 2.24. The summed E-state index contributed by atoms with van der Waals surface area (Å²) in [5, 5.41) is 3.11. The summed E-state index contributed by atoms with van der Waals surface area (Å²) in [6, 6.07) is 11.4. The van der Waals surface area contributed by atoms with Crippen LogP contribution in [0.1, 0.15) is 42.7 Å². The van der Waals surface area contributed by atoms with Crippen molar-refractivity contribution in [3.63, 3.8) is 0 Å². The molecule has 8 heteroatoms. The Bertz CT molecular complexity index is 885. The van der Waals surface area contributed by atoms with Crippen LogP contribution in [-0.2, 0) is 4.74 Å². The first kappa shape index (κ1) is 25.6. The lowest BCUT2D eigenvalue weighted by molar-refractivity contribution is 0.0162. The number of amides is 1. The van der Waals surface area contributed by atoms with E-state index in [9.17, 15) is 4.79 Å². The molecule has 1 aliphatic heterocycles. The molecule has 8 nitrogen and oxygen atoms in total. The average Bonchev–Trinajstić information content (AvgIpc) is 2.87. The van der Waals surface area contributed by atoms with Gasteiger partial charge in [0.15, 0.2) is 11.5 Å². The lowest BCUT2D eigenvalue weighted by Gasteiger charge is -2.35. The van der Waals surface area contributed by atoms with Crippen LogP contribution in [0.2, 0.25) is 0 Å². The van der Waals surface area contributed by atoms with Gasteiger partial charge in [-0.25, -0.2) is 0 Å². The highest BCUT2D eigenvalue weighted by atomic mass is 16.5. The first-order valence-corrected chi connectivity index (χ1v) is 11.9. The molecule has 0 spiro atoms. The molecule has 3 rings (SSSR count). The van der Waals surface area contributed by atoms with E-state index in [1.165, 1.54) is 0 Å². The van der Waals surface area contributed by atoms with Crippen LogP contribution < -0.4 is 24.3 Å². The molecule has 1 fully saturated rings. The topological polar surface area (TPSA) is 78.5 Å². The summed E-state index contributed by atoms with van der Waals surface area (Å²) in [7, 11) is 1.65. The Morgan fingerprint density at radius 3 is 2.09 bits per heavy atom. The number of benzene rings is 2. The second-order valence-corrected chi connectivity index (χ2v) is 7.75. The fraction of sp³-hybridized carbons (Fsp3) is 0.500. The van der Waals surface area contributed by atoms with Crippen LogP contribution in [0.25, 0.3) is 0 Å². The molecule has 2 aromatic carbocycles. The normalized spacial score (nSPS) is 14.8. The molecule has 1 unspecified atom stereocenters. The number of ether oxygens (including phenoxy) is 5. The van der Waals surface area contributed by atoms with Crippen LogP contribution in [0, 0.1) is 0 Å². The molecule has 1 aliphatic rings. The number of nitrogens with one attached hydrogen (secondary N) is 1. The molecule has 0 aromatic heterocycles. The summed E-state index contributed by atoms with van der Waals surface area (Å²) in [6.07, 6.45) is 0. The molecule has 0 saturated carbocycles. The maximum absolute atomic E-state index is 13.2. The highest BCUT2D eigenvalue weighted by Crippen LogP contribution is 2.39. The van der Waals surface area contributed by atoms with Crippen LogP contribution in [0.3, 0.4) is 0 Å². The third-order valence-electron chi connectivity index (χ3n) is 5.61. The van der Waals surface area contributed by atoms with Gasteiger partial charge in [0.25, 0.3) is 5.91 Å². The number of carbonyl (C=O) groups excluding carboxylic acids is 1. The van der Waals surface area contributed by atoms with E-state index < -0.39 is 0 Å². The Hall–Kier alpha value is -2.97. The molecule has 0 aliphatic carbocycles. The van der Waals surface area contributed by atoms with Gasteiger partial charge in [0.2, 0.25) is 5.75 Å². The SMILES string of the molecule is CCOc1cc(C(=O)NCC(c2ccc(OC)cc2)N2CCOCC2)cc(OCC)c1OCC. The molecule has 2 aromatic rings. The molecular formula is C26H36N2O6. The van der Waals surface area contributed by atoms with Gasteiger partial charge in [-0.2, -0.15) is 0 Å². The Labute approximate surface area is 202 Å². The Kier molecular flexibility index (Phi) is 9.85. The number of carbonyl (C=O) groups is 1. The first-order chi connectivity index (χ1) is 16.6. The third kappa shape index (κ3) is 6.55. The van der Waals surface area contributed by atoms with Crippen molar-refractivity contribution in [3.8, 4) is 23.0 Å². The highest BCUT2D eigenvalue weighted by molar-refractivity contribution is 5.95. The largest absolute Gasteiger partial charge is 0.497 e. The summed E-state index contributed by atoms with van der Waals surface area (Å²) in [5.74, 6) is 2.12. The Balaban J connectivity index is 1.82. The number of rotatable bonds is 12. The molecule has 0 bridgehead atoms. The number of nitrogens with zero attached hydrogens (tertiary/aromatic N) is 1. The molecule has 1 heterocycles. The number of morpholine rings is 1. The molecular weight excluding hydrogens is 436 g/mol. The van der Waals surface area contributed by atoms with Gasteiger partial charge < -0.3 is 29.0 Å². The zero-order valence-corrected chi connectivity index (χ0v) is 20.6. The van der Waals surface area contributed by atoms with Crippen LogP contribution in [-0.4, -0.2) is 70.6 Å². The van der Waals surface area contributed by atoms with E-state index >= 15 is 0 Å². The van der Waals surface area contributed by atoms with E-state index in [4.69, 9.17) is 23.7 Å². The van der Waals surface area contributed by atoms with Crippen molar-refractivity contribution in [1.29, 1.82) is 0 Å². The van der Waals surface area contributed by atoms with E-state index in [2.05, 4.69) is 10.2 Å². The van der Waals surface area contributed by atoms with E-state index in [1.54, 1.807) is 19.2 Å². The van der Waals surface area contributed by atoms with Gasteiger partial charge in [-0.3, -0.25) is 9.69 Å². The second-order valence-electron chi connectivity index (χ2n) is 7.75. The summed E-state index contributed by atoms with van der Waals surface area (Å²) in [5.41, 5.74) is 1.57. The minimum Gasteiger partial charge on any atom is -0.497 e. The van der Waals surface area contributed by atoms with Crippen molar-refractivity contribution in [2.45, 2.75) is 26.8 Å². The third-order valence-corrected chi connectivity index (χ3v) is 5.61. The van der Waals surface area contributed by atoms with Gasteiger partial charge in [0, 0.05) is 25.2 Å². The summed E-state index contributed by atoms with van der Waals surface area (Å²) >= 11 is 0. The molecule has 1 saturated heterocycles. The standard InChI is InChI=1S/C26H36N2O6/c1-5-32-23-16-20(17-24(33-6-2)25(23)34-7-3)26(29)27-18-22(28-12-14-31-15-13-28)19-8-10-21(30-4)11-9-19/h8-11,16-17,22H,5-7,12-15,18H2,1-4H3,(H,27,29). The van der Waals surface area contributed by atoms with Crippen LogP contribution >= 0.6 is 0 Å². The van der Waals surface area contributed by atoms with Crippen molar-refractivity contribution in [3.05, 3.63) is 47.5 Å². The smallest absolute Gasteiger partial charge is 0.251 e.